The first kappa shape index (κ1) is 14.2. The van der Waals surface area contributed by atoms with Gasteiger partial charge in [-0.3, -0.25) is 4.98 Å². The van der Waals surface area contributed by atoms with E-state index in [9.17, 15) is 0 Å². The highest BCUT2D eigenvalue weighted by molar-refractivity contribution is 5.35. The fourth-order valence-electron chi connectivity index (χ4n) is 3.10. The molecule has 1 N–H and O–H groups in total. The number of hydrogen-bond acceptors (Lipinski definition) is 3. The average molecular weight is 282 g/mol. The monoisotopic (exact) mass is 282 g/mol. The number of aromatic nitrogens is 1. The van der Waals surface area contributed by atoms with E-state index in [4.69, 9.17) is 4.74 Å². The van der Waals surface area contributed by atoms with Crippen LogP contribution in [0.3, 0.4) is 0 Å². The summed E-state index contributed by atoms with van der Waals surface area (Å²) in [6.45, 7) is 5.95. The Labute approximate surface area is 126 Å². The largest absolute Gasteiger partial charge is 0.371 e. The summed E-state index contributed by atoms with van der Waals surface area (Å²) in [5.74, 6) is 0. The van der Waals surface area contributed by atoms with Crippen LogP contribution in [0.4, 0.5) is 0 Å². The quantitative estimate of drug-likeness (QED) is 0.933. The van der Waals surface area contributed by atoms with Crippen molar-refractivity contribution in [3.05, 3.63) is 65.0 Å². The van der Waals surface area contributed by atoms with Crippen molar-refractivity contribution in [2.75, 3.05) is 13.2 Å². The van der Waals surface area contributed by atoms with Crippen molar-refractivity contribution in [1.29, 1.82) is 0 Å². The van der Waals surface area contributed by atoms with E-state index in [0.717, 1.165) is 19.6 Å². The second kappa shape index (κ2) is 6.37. The van der Waals surface area contributed by atoms with Crippen LogP contribution in [0.5, 0.6) is 0 Å². The van der Waals surface area contributed by atoms with Crippen LogP contribution in [0.1, 0.15) is 41.3 Å². The Morgan fingerprint density at radius 2 is 2.19 bits per heavy atom. The van der Waals surface area contributed by atoms with E-state index in [1.807, 2.05) is 12.4 Å². The number of aryl methyl sites for hydroxylation is 1. The number of nitrogens with one attached hydrogen (secondary N) is 1. The first-order valence-electron chi connectivity index (χ1n) is 7.64. The number of pyridine rings is 1. The fourth-order valence-corrected chi connectivity index (χ4v) is 3.10. The highest BCUT2D eigenvalue weighted by Gasteiger charge is 2.30. The molecular formula is C18H22N2O. The molecule has 110 valence electrons. The van der Waals surface area contributed by atoms with Gasteiger partial charge >= 0.3 is 0 Å². The standard InChI is InChI=1S/C18H22N2O/c1-3-20-17(16-12-19-10-8-13(16)2)18-15-7-5-4-6-14(15)9-11-21-18/h4-8,10,12,17-18,20H,3,9,11H2,1-2H3. The Morgan fingerprint density at radius 1 is 1.33 bits per heavy atom. The predicted octanol–water partition coefficient (Wildman–Crippen LogP) is 3.35. The van der Waals surface area contributed by atoms with Crippen LogP contribution < -0.4 is 5.32 Å². The molecule has 2 unspecified atom stereocenters. The topological polar surface area (TPSA) is 34.2 Å². The molecule has 0 aliphatic carbocycles. The lowest BCUT2D eigenvalue weighted by atomic mass is 9.89. The van der Waals surface area contributed by atoms with Crippen molar-refractivity contribution in [2.45, 2.75) is 32.4 Å². The first-order valence-corrected chi connectivity index (χ1v) is 7.64. The molecule has 1 aliphatic heterocycles. The van der Waals surface area contributed by atoms with E-state index in [1.165, 1.54) is 22.3 Å². The number of rotatable bonds is 4. The van der Waals surface area contributed by atoms with Gasteiger partial charge in [-0.25, -0.2) is 0 Å². The summed E-state index contributed by atoms with van der Waals surface area (Å²) >= 11 is 0. The molecule has 0 amide bonds. The van der Waals surface area contributed by atoms with Crippen LogP contribution in [-0.2, 0) is 11.2 Å². The number of likely N-dealkylation sites (N-methyl/N-ethyl adjacent to an activating group) is 1. The molecule has 0 saturated heterocycles. The number of fused-ring (bicyclic) bond motifs is 1. The molecular weight excluding hydrogens is 260 g/mol. The van der Waals surface area contributed by atoms with Crippen LogP contribution in [0, 0.1) is 6.92 Å². The van der Waals surface area contributed by atoms with Gasteiger partial charge in [0.05, 0.1) is 12.6 Å². The third-order valence-electron chi connectivity index (χ3n) is 4.17. The van der Waals surface area contributed by atoms with Crippen LogP contribution in [0.2, 0.25) is 0 Å². The molecule has 3 rings (SSSR count). The summed E-state index contributed by atoms with van der Waals surface area (Å²) in [5, 5.41) is 3.59. The molecule has 21 heavy (non-hydrogen) atoms. The predicted molar refractivity (Wildman–Crippen MR) is 84.2 cm³/mol. The maximum absolute atomic E-state index is 6.14. The highest BCUT2D eigenvalue weighted by atomic mass is 16.5. The number of ether oxygens (including phenoxy) is 1. The summed E-state index contributed by atoms with van der Waals surface area (Å²) in [4.78, 5) is 4.30. The van der Waals surface area contributed by atoms with Crippen LogP contribution in [-0.4, -0.2) is 18.1 Å². The van der Waals surface area contributed by atoms with Crippen molar-refractivity contribution >= 4 is 0 Å². The molecule has 0 spiro atoms. The van der Waals surface area contributed by atoms with Crippen LogP contribution >= 0.6 is 0 Å². The van der Waals surface area contributed by atoms with E-state index in [0.29, 0.717) is 0 Å². The van der Waals surface area contributed by atoms with Gasteiger partial charge < -0.3 is 10.1 Å². The number of hydrogen-bond donors (Lipinski definition) is 1. The Balaban J connectivity index is 2.01. The van der Waals surface area contributed by atoms with Crippen LogP contribution in [0.25, 0.3) is 0 Å². The van der Waals surface area contributed by atoms with Crippen molar-refractivity contribution < 1.29 is 4.74 Å². The molecule has 1 aromatic carbocycles. The number of benzene rings is 1. The molecule has 2 atom stereocenters. The Morgan fingerprint density at radius 3 is 3.00 bits per heavy atom. The van der Waals surface area contributed by atoms with E-state index in [1.54, 1.807) is 0 Å². The summed E-state index contributed by atoms with van der Waals surface area (Å²) < 4.78 is 6.14. The molecule has 2 heterocycles. The van der Waals surface area contributed by atoms with Crippen LogP contribution in [0.15, 0.2) is 42.7 Å². The van der Waals surface area contributed by atoms with Gasteiger partial charge in [-0.15, -0.1) is 0 Å². The van der Waals surface area contributed by atoms with E-state index in [2.05, 4.69) is 54.5 Å². The summed E-state index contributed by atoms with van der Waals surface area (Å²) in [6.07, 6.45) is 4.86. The first-order chi connectivity index (χ1) is 10.3. The van der Waals surface area contributed by atoms with Gasteiger partial charge in [-0.05, 0) is 48.2 Å². The maximum atomic E-state index is 6.14. The minimum Gasteiger partial charge on any atom is -0.371 e. The molecule has 0 bridgehead atoms. The normalized spacial score (nSPS) is 19.0. The summed E-state index contributed by atoms with van der Waals surface area (Å²) in [6, 6.07) is 10.8. The smallest absolute Gasteiger partial charge is 0.102 e. The molecule has 0 saturated carbocycles. The van der Waals surface area contributed by atoms with Crippen molar-refractivity contribution in [3.63, 3.8) is 0 Å². The lowest BCUT2D eigenvalue weighted by Crippen LogP contribution is -2.32. The minimum atomic E-state index is 0.0535. The molecule has 2 aromatic rings. The van der Waals surface area contributed by atoms with Gasteiger partial charge in [0.25, 0.3) is 0 Å². The minimum absolute atomic E-state index is 0.0535. The molecule has 0 radical (unpaired) electrons. The lowest BCUT2D eigenvalue weighted by Gasteiger charge is -2.33. The van der Waals surface area contributed by atoms with E-state index < -0.39 is 0 Å². The lowest BCUT2D eigenvalue weighted by molar-refractivity contribution is 0.0149. The highest BCUT2D eigenvalue weighted by Crippen LogP contribution is 2.37. The van der Waals surface area contributed by atoms with E-state index >= 15 is 0 Å². The third-order valence-corrected chi connectivity index (χ3v) is 4.17. The van der Waals surface area contributed by atoms with Gasteiger partial charge in [-0.2, -0.15) is 0 Å². The second-order valence-corrected chi connectivity index (χ2v) is 5.51. The molecule has 1 aromatic heterocycles. The fraction of sp³-hybridized carbons (Fsp3) is 0.389. The average Bonchev–Trinajstić information content (AvgIpc) is 2.53. The third kappa shape index (κ3) is 2.85. The Hall–Kier alpha value is -1.71. The molecule has 3 nitrogen and oxygen atoms in total. The van der Waals surface area contributed by atoms with Crippen molar-refractivity contribution in [3.8, 4) is 0 Å². The van der Waals surface area contributed by atoms with E-state index in [-0.39, 0.29) is 12.1 Å². The molecule has 3 heteroatoms. The summed E-state index contributed by atoms with van der Waals surface area (Å²) in [5.41, 5.74) is 5.18. The van der Waals surface area contributed by atoms with Crippen molar-refractivity contribution in [2.24, 2.45) is 0 Å². The maximum Gasteiger partial charge on any atom is 0.102 e. The zero-order chi connectivity index (χ0) is 14.7. The zero-order valence-corrected chi connectivity index (χ0v) is 12.7. The molecule has 0 fully saturated rings. The van der Waals surface area contributed by atoms with Gasteiger partial charge in [-0.1, -0.05) is 31.2 Å². The zero-order valence-electron chi connectivity index (χ0n) is 12.7. The second-order valence-electron chi connectivity index (χ2n) is 5.51. The number of nitrogens with zero attached hydrogens (tertiary/aromatic N) is 1. The van der Waals surface area contributed by atoms with Gasteiger partial charge in [0.1, 0.15) is 6.10 Å². The van der Waals surface area contributed by atoms with Crippen molar-refractivity contribution in [1.82, 2.24) is 10.3 Å². The van der Waals surface area contributed by atoms with Gasteiger partial charge in [0.15, 0.2) is 0 Å². The Bertz CT molecular complexity index is 612. The van der Waals surface area contributed by atoms with Gasteiger partial charge in [0.2, 0.25) is 0 Å². The molecule has 1 aliphatic rings. The Kier molecular flexibility index (Phi) is 4.32. The summed E-state index contributed by atoms with van der Waals surface area (Å²) in [7, 11) is 0. The van der Waals surface area contributed by atoms with Gasteiger partial charge in [0, 0.05) is 12.4 Å². The SMILES string of the molecule is CCNC(c1cnccc1C)C1OCCc2ccccc21.